The van der Waals surface area contributed by atoms with Crippen molar-refractivity contribution in [2.45, 2.75) is 18.9 Å². The van der Waals surface area contributed by atoms with E-state index >= 15 is 0 Å². The summed E-state index contributed by atoms with van der Waals surface area (Å²) in [5.74, 6) is 1.03. The van der Waals surface area contributed by atoms with Crippen LogP contribution in [0.4, 0.5) is 11.6 Å². The van der Waals surface area contributed by atoms with E-state index in [1.807, 2.05) is 43.6 Å². The fourth-order valence-corrected chi connectivity index (χ4v) is 3.78. The number of benzene rings is 1. The number of ether oxygens (including phenoxy) is 2. The molecule has 0 atom stereocenters. The maximum atomic E-state index is 9.68. The number of hydrogen-bond donors (Lipinski definition) is 1. The lowest BCUT2D eigenvalue weighted by molar-refractivity contribution is 0.0254. The van der Waals surface area contributed by atoms with Crippen molar-refractivity contribution in [2.24, 2.45) is 7.05 Å². The largest absolute Gasteiger partial charge is 0.489 e. The van der Waals surface area contributed by atoms with Crippen molar-refractivity contribution in [3.05, 3.63) is 66.7 Å². The normalized spacial score (nSPS) is 13.9. The Bertz CT molecular complexity index is 1340. The third kappa shape index (κ3) is 4.87. The molecule has 0 spiro atoms. The van der Waals surface area contributed by atoms with Gasteiger partial charge in [0.2, 0.25) is 5.95 Å². The van der Waals surface area contributed by atoms with Gasteiger partial charge in [0, 0.05) is 55.3 Å². The molecule has 0 aliphatic carbocycles. The molecule has 3 aromatic heterocycles. The lowest BCUT2D eigenvalue weighted by atomic mass is 10.1. The van der Waals surface area contributed by atoms with Gasteiger partial charge in [0.15, 0.2) is 0 Å². The first-order chi connectivity index (χ1) is 16.7. The molecule has 4 heterocycles. The molecule has 1 N–H and O–H groups in total. The number of hydrogen-bond acceptors (Lipinski definition) is 8. The number of pyridine rings is 1. The van der Waals surface area contributed by atoms with Gasteiger partial charge in [-0.05, 0) is 36.4 Å². The first-order valence-electron chi connectivity index (χ1n) is 11.0. The summed E-state index contributed by atoms with van der Waals surface area (Å²) in [6.45, 7) is 1.37. The van der Waals surface area contributed by atoms with Crippen LogP contribution in [-0.4, -0.2) is 44.1 Å². The van der Waals surface area contributed by atoms with Gasteiger partial charge in [0.1, 0.15) is 17.9 Å². The number of aryl methyl sites for hydroxylation is 1. The van der Waals surface area contributed by atoms with E-state index in [1.165, 1.54) is 0 Å². The molecular weight excluding hydrogens is 430 g/mol. The van der Waals surface area contributed by atoms with Crippen molar-refractivity contribution < 1.29 is 9.47 Å². The molecule has 0 amide bonds. The average Bonchev–Trinajstić information content (AvgIpc) is 3.31. The third-order valence-corrected chi connectivity index (χ3v) is 5.53. The van der Waals surface area contributed by atoms with Gasteiger partial charge in [-0.1, -0.05) is 0 Å². The van der Waals surface area contributed by atoms with E-state index in [-0.39, 0.29) is 6.10 Å². The summed E-state index contributed by atoms with van der Waals surface area (Å²) in [5.41, 5.74) is 4.53. The highest BCUT2D eigenvalue weighted by Gasteiger charge is 2.17. The van der Waals surface area contributed by atoms with Crippen molar-refractivity contribution in [3.63, 3.8) is 0 Å². The third-order valence-electron chi connectivity index (χ3n) is 5.53. The number of nitrogens with zero attached hydrogens (tertiary/aromatic N) is 6. The van der Waals surface area contributed by atoms with Crippen LogP contribution in [0.1, 0.15) is 18.4 Å². The zero-order valence-corrected chi connectivity index (χ0v) is 18.7. The van der Waals surface area contributed by atoms with Crippen molar-refractivity contribution >= 4 is 11.6 Å². The Kier molecular flexibility index (Phi) is 6.14. The summed E-state index contributed by atoms with van der Waals surface area (Å²) >= 11 is 0. The molecule has 0 saturated carbocycles. The molecule has 0 radical (unpaired) electrons. The van der Waals surface area contributed by atoms with Gasteiger partial charge in [0.25, 0.3) is 0 Å². The molecule has 4 aromatic rings. The van der Waals surface area contributed by atoms with Crippen LogP contribution in [0.2, 0.25) is 0 Å². The standard InChI is InChI=1S/C25H23N7O2/c1-32-16-19(15-29-32)23-13-20(4-8-27-23)30-25-28-9-5-22(31-25)17-2-3-24(18(12-17)14-26)34-21-6-10-33-11-7-21/h2-5,8-9,12-13,15-16,21H,6-7,10-11H2,1H3,(H,27,28,30,31). The van der Waals surface area contributed by atoms with Crippen LogP contribution in [0.25, 0.3) is 22.5 Å². The van der Waals surface area contributed by atoms with Crippen LogP contribution in [0, 0.1) is 11.3 Å². The van der Waals surface area contributed by atoms with Crippen LogP contribution in [0.3, 0.4) is 0 Å². The molecule has 1 fully saturated rings. The molecule has 34 heavy (non-hydrogen) atoms. The quantitative estimate of drug-likeness (QED) is 0.464. The van der Waals surface area contributed by atoms with Crippen LogP contribution in [0.15, 0.2) is 61.2 Å². The maximum absolute atomic E-state index is 9.68. The zero-order chi connectivity index (χ0) is 23.3. The van der Waals surface area contributed by atoms with Gasteiger partial charge < -0.3 is 14.8 Å². The second-order valence-electron chi connectivity index (χ2n) is 7.98. The summed E-state index contributed by atoms with van der Waals surface area (Å²) in [6, 6.07) is 13.4. The molecule has 1 saturated heterocycles. The molecule has 0 bridgehead atoms. The molecule has 1 aliphatic heterocycles. The van der Waals surface area contributed by atoms with E-state index in [9.17, 15) is 5.26 Å². The number of nitriles is 1. The molecule has 9 nitrogen and oxygen atoms in total. The number of aromatic nitrogens is 5. The SMILES string of the molecule is Cn1cc(-c2cc(Nc3nccc(-c4ccc(OC5CCOCC5)c(C#N)c4)n3)ccn2)cn1. The second kappa shape index (κ2) is 9.68. The van der Waals surface area contributed by atoms with E-state index in [0.29, 0.717) is 36.2 Å². The van der Waals surface area contributed by atoms with E-state index in [2.05, 4.69) is 31.4 Å². The minimum atomic E-state index is 0.0680. The topological polar surface area (TPSA) is 111 Å². The summed E-state index contributed by atoms with van der Waals surface area (Å²) in [7, 11) is 1.87. The van der Waals surface area contributed by atoms with Crippen LogP contribution in [0.5, 0.6) is 5.75 Å². The van der Waals surface area contributed by atoms with E-state index in [4.69, 9.17) is 9.47 Å². The van der Waals surface area contributed by atoms with Crippen molar-refractivity contribution in [1.29, 1.82) is 5.26 Å². The van der Waals surface area contributed by atoms with Gasteiger partial charge in [-0.25, -0.2) is 9.97 Å². The molecule has 1 aliphatic rings. The molecule has 5 rings (SSSR count). The second-order valence-corrected chi connectivity index (χ2v) is 7.98. The summed E-state index contributed by atoms with van der Waals surface area (Å²) < 4.78 is 13.2. The molecule has 1 aromatic carbocycles. The highest BCUT2D eigenvalue weighted by molar-refractivity contribution is 5.67. The van der Waals surface area contributed by atoms with Gasteiger partial charge in [-0.15, -0.1) is 0 Å². The van der Waals surface area contributed by atoms with Crippen molar-refractivity contribution in [1.82, 2.24) is 24.7 Å². The smallest absolute Gasteiger partial charge is 0.227 e. The van der Waals surface area contributed by atoms with E-state index < -0.39 is 0 Å². The Morgan fingerprint density at radius 3 is 2.71 bits per heavy atom. The van der Waals surface area contributed by atoms with Gasteiger partial charge >= 0.3 is 0 Å². The lowest BCUT2D eigenvalue weighted by Gasteiger charge is -2.23. The molecule has 9 heteroatoms. The molecule has 0 unspecified atom stereocenters. The summed E-state index contributed by atoms with van der Waals surface area (Å²) in [5, 5.41) is 17.1. The highest BCUT2D eigenvalue weighted by atomic mass is 16.5. The number of anilines is 2. The Balaban J connectivity index is 1.35. The van der Waals surface area contributed by atoms with Gasteiger partial charge in [-0.3, -0.25) is 9.67 Å². The van der Waals surface area contributed by atoms with Crippen molar-refractivity contribution in [3.8, 4) is 34.3 Å². The predicted octanol–water partition coefficient (Wildman–Crippen LogP) is 4.11. The average molecular weight is 454 g/mol. The van der Waals surface area contributed by atoms with Crippen LogP contribution >= 0.6 is 0 Å². The molecular formula is C25H23N7O2. The monoisotopic (exact) mass is 453 g/mol. The van der Waals surface area contributed by atoms with Crippen LogP contribution in [-0.2, 0) is 11.8 Å². The Labute approximate surface area is 197 Å². The first-order valence-corrected chi connectivity index (χ1v) is 11.0. The fourth-order valence-electron chi connectivity index (χ4n) is 3.78. The van der Waals surface area contributed by atoms with Crippen LogP contribution < -0.4 is 10.1 Å². The minimum absolute atomic E-state index is 0.0680. The number of nitrogens with one attached hydrogen (secondary N) is 1. The van der Waals surface area contributed by atoms with Crippen molar-refractivity contribution in [2.75, 3.05) is 18.5 Å². The number of rotatable bonds is 6. The van der Waals surface area contributed by atoms with E-state index in [1.54, 1.807) is 29.3 Å². The lowest BCUT2D eigenvalue weighted by Crippen LogP contribution is -2.26. The predicted molar refractivity (Wildman–Crippen MR) is 126 cm³/mol. The highest BCUT2D eigenvalue weighted by Crippen LogP contribution is 2.28. The Morgan fingerprint density at radius 2 is 1.91 bits per heavy atom. The van der Waals surface area contributed by atoms with Gasteiger partial charge in [-0.2, -0.15) is 10.4 Å². The first kappa shape index (κ1) is 21.6. The van der Waals surface area contributed by atoms with E-state index in [0.717, 1.165) is 35.3 Å². The van der Waals surface area contributed by atoms with Gasteiger partial charge in [0.05, 0.1) is 36.4 Å². The maximum Gasteiger partial charge on any atom is 0.227 e. The zero-order valence-electron chi connectivity index (χ0n) is 18.7. The minimum Gasteiger partial charge on any atom is -0.489 e. The Morgan fingerprint density at radius 1 is 1.06 bits per heavy atom. The Hall–Kier alpha value is -4.29. The molecule has 170 valence electrons. The summed E-state index contributed by atoms with van der Waals surface area (Å²) in [6.07, 6.45) is 8.81. The fraction of sp³-hybridized carbons (Fsp3) is 0.240. The summed E-state index contributed by atoms with van der Waals surface area (Å²) in [4.78, 5) is 13.4.